The molecule has 0 heterocycles. The van der Waals surface area contributed by atoms with Gasteiger partial charge in [0.2, 0.25) is 0 Å². The summed E-state index contributed by atoms with van der Waals surface area (Å²) < 4.78 is 5.89. The molecule has 0 aromatic heterocycles. The van der Waals surface area contributed by atoms with Gasteiger partial charge in [-0.25, -0.2) is 0 Å². The van der Waals surface area contributed by atoms with Crippen LogP contribution in [0.3, 0.4) is 0 Å². The summed E-state index contributed by atoms with van der Waals surface area (Å²) in [5.41, 5.74) is 6.18. The Bertz CT molecular complexity index is 274. The zero-order chi connectivity index (χ0) is 13.1. The fraction of sp³-hybridized carbons (Fsp3) is 1.00. The van der Waals surface area contributed by atoms with Crippen molar-refractivity contribution in [1.82, 2.24) is 0 Å². The van der Waals surface area contributed by atoms with Crippen LogP contribution in [0.2, 0.25) is 0 Å². The fourth-order valence-corrected chi connectivity index (χ4v) is 4.89. The van der Waals surface area contributed by atoms with E-state index in [1.54, 1.807) is 0 Å². The Morgan fingerprint density at radius 1 is 1.00 bits per heavy atom. The maximum absolute atomic E-state index is 6.18. The van der Waals surface area contributed by atoms with Crippen molar-refractivity contribution in [2.24, 2.45) is 29.4 Å². The molecule has 2 nitrogen and oxygen atoms in total. The van der Waals surface area contributed by atoms with Gasteiger partial charge in [0.05, 0.1) is 0 Å². The molecule has 0 radical (unpaired) electrons. The van der Waals surface area contributed by atoms with Crippen molar-refractivity contribution in [2.45, 2.75) is 76.9 Å². The Hall–Kier alpha value is -0.0800. The van der Waals surface area contributed by atoms with Gasteiger partial charge in [-0.1, -0.05) is 38.5 Å². The first-order chi connectivity index (χ1) is 9.31. The lowest BCUT2D eigenvalue weighted by Crippen LogP contribution is -2.29. The Morgan fingerprint density at radius 2 is 1.84 bits per heavy atom. The summed E-state index contributed by atoms with van der Waals surface area (Å²) in [6, 6.07) is 0. The van der Waals surface area contributed by atoms with Gasteiger partial charge in [0.1, 0.15) is 6.23 Å². The maximum Gasteiger partial charge on any atom is 0.105 e. The van der Waals surface area contributed by atoms with Gasteiger partial charge in [0.15, 0.2) is 0 Å². The molecule has 2 N–H and O–H groups in total. The van der Waals surface area contributed by atoms with Gasteiger partial charge >= 0.3 is 0 Å². The van der Waals surface area contributed by atoms with Crippen LogP contribution >= 0.6 is 0 Å². The van der Waals surface area contributed by atoms with E-state index in [4.69, 9.17) is 10.5 Å². The van der Waals surface area contributed by atoms with E-state index in [0.29, 0.717) is 0 Å². The average Bonchev–Trinajstić information content (AvgIpc) is 3.02. The Morgan fingerprint density at radius 3 is 2.53 bits per heavy atom. The van der Waals surface area contributed by atoms with E-state index >= 15 is 0 Å². The van der Waals surface area contributed by atoms with Crippen LogP contribution in [0.4, 0.5) is 0 Å². The van der Waals surface area contributed by atoms with Gasteiger partial charge < -0.3 is 10.5 Å². The van der Waals surface area contributed by atoms with E-state index in [0.717, 1.165) is 36.7 Å². The summed E-state index contributed by atoms with van der Waals surface area (Å²) in [6.45, 7) is 0.895. The molecule has 0 aliphatic heterocycles. The molecule has 2 bridgehead atoms. The molecule has 2 heteroatoms. The molecule has 3 rings (SSSR count). The molecule has 110 valence electrons. The SMILES string of the molecule is NC(CC1CC2CCC1C2)OCCC1CCCCC1. The molecule has 4 unspecified atom stereocenters. The number of hydrogen-bond acceptors (Lipinski definition) is 2. The van der Waals surface area contributed by atoms with Crippen LogP contribution in [-0.4, -0.2) is 12.8 Å². The number of ether oxygens (including phenoxy) is 1. The highest BCUT2D eigenvalue weighted by Crippen LogP contribution is 2.49. The molecule has 0 spiro atoms. The largest absolute Gasteiger partial charge is 0.364 e. The normalized spacial score (nSPS) is 36.8. The number of fused-ring (bicyclic) bond motifs is 2. The minimum absolute atomic E-state index is 0.00735. The number of nitrogens with two attached hydrogens (primary N) is 1. The summed E-state index contributed by atoms with van der Waals surface area (Å²) in [5.74, 6) is 3.81. The molecule has 0 amide bonds. The molecular weight excluding hydrogens is 234 g/mol. The summed E-state index contributed by atoms with van der Waals surface area (Å²) in [4.78, 5) is 0. The van der Waals surface area contributed by atoms with Gasteiger partial charge in [0, 0.05) is 6.61 Å². The highest BCUT2D eigenvalue weighted by atomic mass is 16.5. The van der Waals surface area contributed by atoms with Crippen LogP contribution < -0.4 is 5.73 Å². The summed E-state index contributed by atoms with van der Waals surface area (Å²) in [6.07, 6.45) is 15.4. The lowest BCUT2D eigenvalue weighted by atomic mass is 9.86. The molecule has 0 aromatic rings. The second-order valence-corrected chi connectivity index (χ2v) is 7.37. The molecule has 3 saturated carbocycles. The molecule has 0 aromatic carbocycles. The van der Waals surface area contributed by atoms with Gasteiger partial charge in [-0.15, -0.1) is 0 Å². The van der Waals surface area contributed by atoms with E-state index in [2.05, 4.69) is 0 Å². The van der Waals surface area contributed by atoms with E-state index in [9.17, 15) is 0 Å². The van der Waals surface area contributed by atoms with Gasteiger partial charge in [-0.3, -0.25) is 0 Å². The first-order valence-electron chi connectivity index (χ1n) is 8.68. The molecule has 3 aliphatic carbocycles. The molecular formula is C17H31NO. The van der Waals surface area contributed by atoms with Crippen molar-refractivity contribution in [2.75, 3.05) is 6.61 Å². The van der Waals surface area contributed by atoms with Crippen LogP contribution in [0.5, 0.6) is 0 Å². The van der Waals surface area contributed by atoms with Crippen molar-refractivity contribution in [3.05, 3.63) is 0 Å². The predicted octanol–water partition coefficient (Wildman–Crippen LogP) is 4.08. The van der Waals surface area contributed by atoms with Gasteiger partial charge in [-0.2, -0.15) is 0 Å². The summed E-state index contributed by atoms with van der Waals surface area (Å²) >= 11 is 0. The maximum atomic E-state index is 6.18. The lowest BCUT2D eigenvalue weighted by Gasteiger charge is -2.26. The van der Waals surface area contributed by atoms with Crippen molar-refractivity contribution in [3.63, 3.8) is 0 Å². The quantitative estimate of drug-likeness (QED) is 0.734. The molecule has 3 fully saturated rings. The molecule has 0 saturated heterocycles. The highest BCUT2D eigenvalue weighted by molar-refractivity contribution is 4.90. The van der Waals surface area contributed by atoms with E-state index < -0.39 is 0 Å². The minimum Gasteiger partial charge on any atom is -0.364 e. The highest BCUT2D eigenvalue weighted by Gasteiger charge is 2.39. The molecule has 3 aliphatic rings. The predicted molar refractivity (Wildman–Crippen MR) is 78.7 cm³/mol. The third kappa shape index (κ3) is 3.72. The van der Waals surface area contributed by atoms with E-state index in [-0.39, 0.29) is 6.23 Å². The fourth-order valence-electron chi connectivity index (χ4n) is 4.89. The zero-order valence-corrected chi connectivity index (χ0v) is 12.4. The van der Waals surface area contributed by atoms with Crippen LogP contribution in [0.25, 0.3) is 0 Å². The topological polar surface area (TPSA) is 35.2 Å². The monoisotopic (exact) mass is 265 g/mol. The number of hydrogen-bond donors (Lipinski definition) is 1. The standard InChI is InChI=1S/C17H31NO/c18-17(12-16-11-14-6-7-15(16)10-14)19-9-8-13-4-2-1-3-5-13/h13-17H,1-12,18H2. The minimum atomic E-state index is 0.00735. The van der Waals surface area contributed by atoms with Crippen molar-refractivity contribution in [3.8, 4) is 0 Å². The average molecular weight is 265 g/mol. The zero-order valence-electron chi connectivity index (χ0n) is 12.4. The summed E-state index contributed by atoms with van der Waals surface area (Å²) in [7, 11) is 0. The molecule has 4 atom stereocenters. The van der Waals surface area contributed by atoms with E-state index in [1.165, 1.54) is 64.2 Å². The Balaban J connectivity index is 1.29. The van der Waals surface area contributed by atoms with Crippen LogP contribution in [0, 0.1) is 23.7 Å². The lowest BCUT2D eigenvalue weighted by molar-refractivity contribution is 0.0243. The van der Waals surface area contributed by atoms with Crippen LogP contribution in [0.15, 0.2) is 0 Å². The smallest absolute Gasteiger partial charge is 0.105 e. The Labute approximate surface area is 118 Å². The van der Waals surface area contributed by atoms with Gasteiger partial charge in [0.25, 0.3) is 0 Å². The van der Waals surface area contributed by atoms with Crippen molar-refractivity contribution < 1.29 is 4.74 Å². The summed E-state index contributed by atoms with van der Waals surface area (Å²) in [5, 5.41) is 0. The van der Waals surface area contributed by atoms with Crippen LogP contribution in [0.1, 0.15) is 70.6 Å². The second-order valence-electron chi connectivity index (χ2n) is 7.37. The third-order valence-electron chi connectivity index (χ3n) is 6.00. The first kappa shape index (κ1) is 13.9. The number of rotatable bonds is 6. The van der Waals surface area contributed by atoms with Crippen molar-refractivity contribution >= 4 is 0 Å². The second kappa shape index (κ2) is 6.58. The molecule has 19 heavy (non-hydrogen) atoms. The van der Waals surface area contributed by atoms with Gasteiger partial charge in [-0.05, 0) is 55.8 Å². The first-order valence-corrected chi connectivity index (χ1v) is 8.68. The third-order valence-corrected chi connectivity index (χ3v) is 6.00. The Kier molecular flexibility index (Phi) is 4.81. The van der Waals surface area contributed by atoms with E-state index in [1.807, 2.05) is 0 Å². The van der Waals surface area contributed by atoms with Crippen LogP contribution in [-0.2, 0) is 4.74 Å². The van der Waals surface area contributed by atoms with Crippen molar-refractivity contribution in [1.29, 1.82) is 0 Å².